The van der Waals surface area contributed by atoms with Crippen LogP contribution >= 0.6 is 11.3 Å². The molecule has 1 aliphatic heterocycles. The first kappa shape index (κ1) is 13.3. The van der Waals surface area contributed by atoms with Gasteiger partial charge >= 0.3 is 0 Å². The van der Waals surface area contributed by atoms with Crippen LogP contribution in [0.15, 0.2) is 28.5 Å². The molecule has 1 aromatic rings. The van der Waals surface area contributed by atoms with Crippen molar-refractivity contribution in [3.05, 3.63) is 29.2 Å². The van der Waals surface area contributed by atoms with Gasteiger partial charge in [0.2, 0.25) is 0 Å². The number of hydrogen-bond donors (Lipinski definition) is 1. The zero-order chi connectivity index (χ0) is 13.3. The van der Waals surface area contributed by atoms with Gasteiger partial charge in [-0.3, -0.25) is 0 Å². The number of sulfonamides is 1. The van der Waals surface area contributed by atoms with E-state index in [9.17, 15) is 8.42 Å². The first-order chi connectivity index (χ1) is 9.16. The fourth-order valence-corrected chi connectivity index (χ4v) is 4.96. The molecule has 0 aromatic carbocycles. The molecule has 4 nitrogen and oxygen atoms in total. The van der Waals surface area contributed by atoms with Gasteiger partial charge in [-0.2, -0.15) is 4.31 Å². The zero-order valence-electron chi connectivity index (χ0n) is 10.7. The van der Waals surface area contributed by atoms with E-state index < -0.39 is 10.0 Å². The van der Waals surface area contributed by atoms with Gasteiger partial charge in [0.05, 0.1) is 0 Å². The van der Waals surface area contributed by atoms with E-state index in [0.717, 1.165) is 17.8 Å². The summed E-state index contributed by atoms with van der Waals surface area (Å²) >= 11 is 1.39. The van der Waals surface area contributed by atoms with Crippen molar-refractivity contribution in [1.29, 1.82) is 0 Å². The van der Waals surface area contributed by atoms with Crippen LogP contribution in [0, 0.1) is 0 Å². The molecule has 6 heteroatoms. The lowest BCUT2D eigenvalue weighted by Crippen LogP contribution is -2.33. The number of nitrogens with zero attached hydrogens (tertiary/aromatic N) is 1. The van der Waals surface area contributed by atoms with Gasteiger partial charge in [-0.25, -0.2) is 8.42 Å². The molecule has 1 saturated carbocycles. The zero-order valence-corrected chi connectivity index (χ0v) is 12.3. The van der Waals surface area contributed by atoms with Gasteiger partial charge in [0, 0.05) is 30.6 Å². The Bertz CT molecular complexity index is 573. The second kappa shape index (κ2) is 5.36. The van der Waals surface area contributed by atoms with Crippen molar-refractivity contribution in [2.75, 3.05) is 13.1 Å². The summed E-state index contributed by atoms with van der Waals surface area (Å²) in [6.07, 6.45) is 7.25. The van der Waals surface area contributed by atoms with E-state index in [4.69, 9.17) is 0 Å². The normalized spacial score (nSPS) is 20.8. The minimum absolute atomic E-state index is 0.468. The summed E-state index contributed by atoms with van der Waals surface area (Å²) in [6, 6.07) is 4.31. The van der Waals surface area contributed by atoms with Crippen LogP contribution in [-0.2, 0) is 16.6 Å². The number of thiophene rings is 1. The van der Waals surface area contributed by atoms with Gasteiger partial charge < -0.3 is 5.32 Å². The second-order valence-electron chi connectivity index (χ2n) is 5.00. The van der Waals surface area contributed by atoms with Crippen molar-refractivity contribution in [2.24, 2.45) is 0 Å². The van der Waals surface area contributed by atoms with Gasteiger partial charge in [-0.05, 0) is 31.4 Å². The number of hydrogen-bond acceptors (Lipinski definition) is 4. The van der Waals surface area contributed by atoms with E-state index in [1.54, 1.807) is 10.4 Å². The summed E-state index contributed by atoms with van der Waals surface area (Å²) in [5, 5.41) is 3.41. The quantitative estimate of drug-likeness (QED) is 0.845. The van der Waals surface area contributed by atoms with Crippen molar-refractivity contribution in [3.63, 3.8) is 0 Å². The third-order valence-electron chi connectivity index (χ3n) is 3.39. The van der Waals surface area contributed by atoms with E-state index >= 15 is 0 Å². The summed E-state index contributed by atoms with van der Waals surface area (Å²) in [5.41, 5.74) is 0. The lowest BCUT2D eigenvalue weighted by Gasteiger charge is -2.21. The molecule has 0 radical (unpaired) electrons. The standard InChI is InChI=1S/C13H18N2O2S2/c16-19(17,15-8-2-1-3-9-15)13-7-6-12(18-13)10-14-11-4-5-11/h1-2,6-7,11,14H,3-5,8-10H2. The van der Waals surface area contributed by atoms with Gasteiger partial charge in [0.1, 0.15) is 4.21 Å². The van der Waals surface area contributed by atoms with Crippen LogP contribution < -0.4 is 5.32 Å². The molecule has 1 aromatic heterocycles. The maximum absolute atomic E-state index is 12.4. The predicted molar refractivity (Wildman–Crippen MR) is 76.7 cm³/mol. The molecule has 0 amide bonds. The molecule has 19 heavy (non-hydrogen) atoms. The lowest BCUT2D eigenvalue weighted by molar-refractivity contribution is 0.439. The Hall–Kier alpha value is -0.690. The topological polar surface area (TPSA) is 49.4 Å². The Balaban J connectivity index is 1.71. The largest absolute Gasteiger partial charge is 0.309 e. The molecule has 0 bridgehead atoms. The fraction of sp³-hybridized carbons (Fsp3) is 0.538. The van der Waals surface area contributed by atoms with E-state index in [2.05, 4.69) is 5.32 Å². The molecule has 3 rings (SSSR count). The van der Waals surface area contributed by atoms with Gasteiger partial charge in [0.15, 0.2) is 0 Å². The lowest BCUT2D eigenvalue weighted by atomic mass is 10.3. The minimum atomic E-state index is -3.29. The number of nitrogens with one attached hydrogen (secondary N) is 1. The highest BCUT2D eigenvalue weighted by molar-refractivity contribution is 7.91. The third kappa shape index (κ3) is 3.08. The molecule has 2 aliphatic rings. The molecule has 1 aliphatic carbocycles. The predicted octanol–water partition coefficient (Wildman–Crippen LogP) is 1.95. The van der Waals surface area contributed by atoms with E-state index in [1.165, 1.54) is 24.2 Å². The number of rotatable bonds is 5. The molecule has 0 spiro atoms. The highest BCUT2D eigenvalue weighted by Crippen LogP contribution is 2.27. The molecular weight excluding hydrogens is 280 g/mol. The minimum Gasteiger partial charge on any atom is -0.309 e. The van der Waals surface area contributed by atoms with Crippen LogP contribution in [0.4, 0.5) is 0 Å². The first-order valence-electron chi connectivity index (χ1n) is 6.63. The average molecular weight is 298 g/mol. The van der Waals surface area contributed by atoms with Gasteiger partial charge in [0.25, 0.3) is 10.0 Å². The summed E-state index contributed by atoms with van der Waals surface area (Å²) in [6.45, 7) is 1.87. The molecule has 1 fully saturated rings. The Kier molecular flexibility index (Phi) is 3.75. The summed E-state index contributed by atoms with van der Waals surface area (Å²) in [4.78, 5) is 1.10. The summed E-state index contributed by atoms with van der Waals surface area (Å²) < 4.78 is 26.9. The fourth-order valence-electron chi connectivity index (χ4n) is 2.09. The molecule has 0 saturated heterocycles. The average Bonchev–Trinajstić information content (AvgIpc) is 3.13. The Labute approximate surface area is 118 Å². The van der Waals surface area contributed by atoms with Crippen LogP contribution in [0.5, 0.6) is 0 Å². The van der Waals surface area contributed by atoms with Crippen LogP contribution in [0.2, 0.25) is 0 Å². The highest BCUT2D eigenvalue weighted by Gasteiger charge is 2.26. The van der Waals surface area contributed by atoms with E-state index in [-0.39, 0.29) is 0 Å². The maximum Gasteiger partial charge on any atom is 0.252 e. The Morgan fingerprint density at radius 2 is 2.16 bits per heavy atom. The van der Waals surface area contributed by atoms with Crippen molar-refractivity contribution in [3.8, 4) is 0 Å². The molecule has 104 valence electrons. The first-order valence-corrected chi connectivity index (χ1v) is 8.89. The van der Waals surface area contributed by atoms with Crippen molar-refractivity contribution in [1.82, 2.24) is 9.62 Å². The van der Waals surface area contributed by atoms with Gasteiger partial charge in [-0.1, -0.05) is 12.2 Å². The van der Waals surface area contributed by atoms with Crippen LogP contribution in [0.25, 0.3) is 0 Å². The molecule has 1 N–H and O–H groups in total. The molecule has 0 atom stereocenters. The summed E-state index contributed by atoms with van der Waals surface area (Å²) in [7, 11) is -3.29. The SMILES string of the molecule is O=S(=O)(c1ccc(CNC2CC2)s1)N1CC=CCC1. The van der Waals surface area contributed by atoms with E-state index in [1.807, 2.05) is 18.2 Å². The van der Waals surface area contributed by atoms with Crippen LogP contribution in [-0.4, -0.2) is 31.9 Å². The van der Waals surface area contributed by atoms with Crippen molar-refractivity contribution >= 4 is 21.4 Å². The summed E-state index contributed by atoms with van der Waals surface area (Å²) in [5.74, 6) is 0. The maximum atomic E-state index is 12.4. The highest BCUT2D eigenvalue weighted by atomic mass is 32.2. The Morgan fingerprint density at radius 1 is 1.32 bits per heavy atom. The van der Waals surface area contributed by atoms with E-state index in [0.29, 0.717) is 23.3 Å². The smallest absolute Gasteiger partial charge is 0.252 e. The van der Waals surface area contributed by atoms with Crippen LogP contribution in [0.1, 0.15) is 24.1 Å². The third-order valence-corrected chi connectivity index (χ3v) is 6.81. The second-order valence-corrected chi connectivity index (χ2v) is 8.33. The monoisotopic (exact) mass is 298 g/mol. The molecule has 0 unspecified atom stereocenters. The van der Waals surface area contributed by atoms with Gasteiger partial charge in [-0.15, -0.1) is 11.3 Å². The van der Waals surface area contributed by atoms with Crippen molar-refractivity contribution < 1.29 is 8.42 Å². The van der Waals surface area contributed by atoms with Crippen LogP contribution in [0.3, 0.4) is 0 Å². The van der Waals surface area contributed by atoms with Crippen molar-refractivity contribution in [2.45, 2.75) is 36.1 Å². The molecular formula is C13H18N2O2S2. The Morgan fingerprint density at radius 3 is 2.84 bits per heavy atom. The molecule has 2 heterocycles.